The predicted molar refractivity (Wildman–Crippen MR) is 63.6 cm³/mol. The Labute approximate surface area is 103 Å². The molecule has 0 aliphatic rings. The second-order valence-corrected chi connectivity index (χ2v) is 3.56. The topological polar surface area (TPSA) is 67.8 Å². The fraction of sp³-hybridized carbons (Fsp3) is 0.167. The van der Waals surface area contributed by atoms with Crippen molar-refractivity contribution in [1.82, 2.24) is 15.0 Å². The second kappa shape index (κ2) is 5.31. The van der Waals surface area contributed by atoms with Crippen LogP contribution in [0, 0.1) is 5.82 Å². The number of carbonyl (C=O) groups is 1. The Hall–Kier alpha value is -2.37. The summed E-state index contributed by atoms with van der Waals surface area (Å²) in [6.07, 6.45) is 6.08. The van der Waals surface area contributed by atoms with Gasteiger partial charge in [-0.1, -0.05) is 6.92 Å². The number of nitrogens with zero attached hydrogens (tertiary/aromatic N) is 3. The Morgan fingerprint density at radius 3 is 2.89 bits per heavy atom. The number of halogens is 1. The van der Waals surface area contributed by atoms with Gasteiger partial charge in [0.15, 0.2) is 11.6 Å². The van der Waals surface area contributed by atoms with Crippen LogP contribution in [0.4, 0.5) is 10.2 Å². The van der Waals surface area contributed by atoms with E-state index in [1.54, 1.807) is 6.20 Å². The lowest BCUT2D eigenvalue weighted by molar-refractivity contribution is 0.102. The highest BCUT2D eigenvalue weighted by molar-refractivity contribution is 6.03. The predicted octanol–water partition coefficient (Wildman–Crippen LogP) is 1.83. The van der Waals surface area contributed by atoms with Crippen LogP contribution in [0.3, 0.4) is 0 Å². The number of hydrogen-bond acceptors (Lipinski definition) is 4. The number of hydrogen-bond donors (Lipinski definition) is 1. The highest BCUT2D eigenvalue weighted by Crippen LogP contribution is 2.09. The lowest BCUT2D eigenvalue weighted by atomic mass is 10.2. The Morgan fingerprint density at radius 1 is 1.33 bits per heavy atom. The molecule has 2 rings (SSSR count). The van der Waals surface area contributed by atoms with Gasteiger partial charge in [-0.2, -0.15) is 0 Å². The maximum Gasteiger partial charge on any atom is 0.259 e. The molecular weight excluding hydrogens is 235 g/mol. The van der Waals surface area contributed by atoms with E-state index in [0.29, 0.717) is 12.2 Å². The Bertz CT molecular complexity index is 574. The van der Waals surface area contributed by atoms with E-state index in [-0.39, 0.29) is 5.56 Å². The quantitative estimate of drug-likeness (QED) is 0.897. The number of aromatic nitrogens is 3. The Kier molecular flexibility index (Phi) is 3.57. The monoisotopic (exact) mass is 246 g/mol. The van der Waals surface area contributed by atoms with Gasteiger partial charge in [-0.3, -0.25) is 14.8 Å². The number of rotatable bonds is 3. The molecule has 2 aromatic rings. The zero-order valence-corrected chi connectivity index (χ0v) is 9.72. The smallest absolute Gasteiger partial charge is 0.259 e. The Balaban J connectivity index is 2.19. The lowest BCUT2D eigenvalue weighted by Crippen LogP contribution is -2.15. The minimum Gasteiger partial charge on any atom is -0.305 e. The Morgan fingerprint density at radius 2 is 2.17 bits per heavy atom. The molecule has 0 aromatic carbocycles. The lowest BCUT2D eigenvalue weighted by Gasteiger charge is -2.05. The molecule has 0 bridgehead atoms. The fourth-order valence-electron chi connectivity index (χ4n) is 1.38. The molecule has 0 unspecified atom stereocenters. The highest BCUT2D eigenvalue weighted by atomic mass is 19.1. The molecule has 1 amide bonds. The van der Waals surface area contributed by atoms with Crippen molar-refractivity contribution in [3.63, 3.8) is 0 Å². The summed E-state index contributed by atoms with van der Waals surface area (Å²) in [4.78, 5) is 23.5. The average molecular weight is 246 g/mol. The zero-order chi connectivity index (χ0) is 13.0. The standard InChI is InChI=1S/C12H11FN4O/c1-2-8-5-15-7-11(16-8)17-12(18)9-3-4-14-6-10(9)13/h3-7H,2H2,1H3,(H,16,17,18). The van der Waals surface area contributed by atoms with Gasteiger partial charge in [0.25, 0.3) is 5.91 Å². The molecule has 2 heterocycles. The van der Waals surface area contributed by atoms with Gasteiger partial charge in [-0.25, -0.2) is 9.37 Å². The van der Waals surface area contributed by atoms with Crippen molar-refractivity contribution >= 4 is 11.7 Å². The van der Waals surface area contributed by atoms with Gasteiger partial charge in [0, 0.05) is 12.4 Å². The summed E-state index contributed by atoms with van der Waals surface area (Å²) in [5.41, 5.74) is 0.678. The summed E-state index contributed by atoms with van der Waals surface area (Å²) in [7, 11) is 0. The summed E-state index contributed by atoms with van der Waals surface area (Å²) in [5, 5.41) is 2.49. The molecule has 0 radical (unpaired) electrons. The first-order chi connectivity index (χ1) is 8.70. The molecule has 92 valence electrons. The van der Waals surface area contributed by atoms with Crippen LogP contribution < -0.4 is 5.32 Å². The van der Waals surface area contributed by atoms with Crippen LogP contribution in [0.15, 0.2) is 30.9 Å². The number of anilines is 1. The van der Waals surface area contributed by atoms with Crippen molar-refractivity contribution in [2.45, 2.75) is 13.3 Å². The van der Waals surface area contributed by atoms with Crippen molar-refractivity contribution in [3.8, 4) is 0 Å². The number of carbonyl (C=O) groups excluding carboxylic acids is 1. The first-order valence-corrected chi connectivity index (χ1v) is 5.42. The number of amides is 1. The van der Waals surface area contributed by atoms with Gasteiger partial charge in [0.2, 0.25) is 0 Å². The highest BCUT2D eigenvalue weighted by Gasteiger charge is 2.12. The SMILES string of the molecule is CCc1cncc(NC(=O)c2ccncc2F)n1. The van der Waals surface area contributed by atoms with Crippen LogP contribution in [0.5, 0.6) is 0 Å². The third-order valence-corrected chi connectivity index (χ3v) is 2.31. The van der Waals surface area contributed by atoms with Crippen LogP contribution in [-0.4, -0.2) is 20.9 Å². The molecule has 0 fully saturated rings. The van der Waals surface area contributed by atoms with Gasteiger partial charge in [0.1, 0.15) is 0 Å². The van der Waals surface area contributed by atoms with Crippen molar-refractivity contribution in [3.05, 3.63) is 47.9 Å². The third kappa shape index (κ3) is 2.65. The summed E-state index contributed by atoms with van der Waals surface area (Å²) in [5.74, 6) is -0.942. The summed E-state index contributed by atoms with van der Waals surface area (Å²) in [6, 6.07) is 1.31. The van der Waals surface area contributed by atoms with Gasteiger partial charge in [-0.15, -0.1) is 0 Å². The van der Waals surface area contributed by atoms with Crippen LogP contribution in [-0.2, 0) is 6.42 Å². The summed E-state index contributed by atoms with van der Waals surface area (Å²) < 4.78 is 13.3. The number of pyridine rings is 1. The number of aryl methyl sites for hydroxylation is 1. The van der Waals surface area contributed by atoms with E-state index in [1.165, 1.54) is 18.5 Å². The first-order valence-electron chi connectivity index (χ1n) is 5.42. The van der Waals surface area contributed by atoms with E-state index in [9.17, 15) is 9.18 Å². The molecule has 0 aliphatic carbocycles. The van der Waals surface area contributed by atoms with Crippen LogP contribution >= 0.6 is 0 Å². The molecular formula is C12H11FN4O. The van der Waals surface area contributed by atoms with Crippen molar-refractivity contribution in [2.24, 2.45) is 0 Å². The van der Waals surface area contributed by atoms with E-state index in [0.717, 1.165) is 11.9 Å². The fourth-order valence-corrected chi connectivity index (χ4v) is 1.38. The largest absolute Gasteiger partial charge is 0.305 e. The minimum absolute atomic E-state index is 0.0753. The van der Waals surface area contributed by atoms with Crippen molar-refractivity contribution < 1.29 is 9.18 Å². The second-order valence-electron chi connectivity index (χ2n) is 3.56. The summed E-state index contributed by atoms with van der Waals surface area (Å²) in [6.45, 7) is 1.93. The van der Waals surface area contributed by atoms with Crippen molar-refractivity contribution in [2.75, 3.05) is 5.32 Å². The minimum atomic E-state index is -0.672. The van der Waals surface area contributed by atoms with E-state index >= 15 is 0 Å². The molecule has 6 heteroatoms. The van der Waals surface area contributed by atoms with Crippen LogP contribution in [0.25, 0.3) is 0 Å². The molecule has 18 heavy (non-hydrogen) atoms. The van der Waals surface area contributed by atoms with Crippen LogP contribution in [0.2, 0.25) is 0 Å². The maximum absolute atomic E-state index is 13.3. The van der Waals surface area contributed by atoms with Gasteiger partial charge < -0.3 is 5.32 Å². The van der Waals surface area contributed by atoms with Crippen LogP contribution in [0.1, 0.15) is 23.0 Å². The van der Waals surface area contributed by atoms with Gasteiger partial charge in [0.05, 0.1) is 23.7 Å². The molecule has 1 N–H and O–H groups in total. The van der Waals surface area contributed by atoms with E-state index in [1.807, 2.05) is 6.92 Å². The average Bonchev–Trinajstić information content (AvgIpc) is 2.39. The molecule has 0 aliphatic heterocycles. The van der Waals surface area contributed by atoms with Gasteiger partial charge >= 0.3 is 0 Å². The van der Waals surface area contributed by atoms with Gasteiger partial charge in [-0.05, 0) is 12.5 Å². The van der Waals surface area contributed by atoms with E-state index in [2.05, 4.69) is 20.3 Å². The summed E-state index contributed by atoms with van der Waals surface area (Å²) >= 11 is 0. The molecule has 5 nitrogen and oxygen atoms in total. The molecule has 0 atom stereocenters. The first kappa shape index (κ1) is 12.1. The normalized spacial score (nSPS) is 10.1. The molecule has 0 spiro atoms. The zero-order valence-electron chi connectivity index (χ0n) is 9.72. The molecule has 0 saturated heterocycles. The maximum atomic E-state index is 13.3. The van der Waals surface area contributed by atoms with Crippen molar-refractivity contribution in [1.29, 1.82) is 0 Å². The van der Waals surface area contributed by atoms with E-state index < -0.39 is 11.7 Å². The van der Waals surface area contributed by atoms with E-state index in [4.69, 9.17) is 0 Å². The number of nitrogens with one attached hydrogen (secondary N) is 1. The third-order valence-electron chi connectivity index (χ3n) is 2.31. The molecule has 2 aromatic heterocycles. The molecule has 0 saturated carbocycles.